The Morgan fingerprint density at radius 1 is 1.64 bits per heavy atom. The Hall–Kier alpha value is -0.920. The maximum Gasteiger partial charge on any atom is 0.321 e. The van der Waals surface area contributed by atoms with Crippen LogP contribution in [-0.4, -0.2) is 25.5 Å². The lowest BCUT2D eigenvalue weighted by molar-refractivity contribution is -0.138. The third-order valence-electron chi connectivity index (χ3n) is 1.46. The summed E-state index contributed by atoms with van der Waals surface area (Å²) in [6.45, 7) is 1.27. The second-order valence-corrected chi connectivity index (χ2v) is 5.50. The lowest BCUT2D eigenvalue weighted by Crippen LogP contribution is -2.37. The highest BCUT2D eigenvalue weighted by Gasteiger charge is 2.21. The third-order valence-corrected chi connectivity index (χ3v) is 4.40. The van der Waals surface area contributed by atoms with Crippen molar-refractivity contribution in [3.63, 3.8) is 0 Å². The van der Waals surface area contributed by atoms with Crippen molar-refractivity contribution in [2.75, 3.05) is 0 Å². The van der Waals surface area contributed by atoms with Gasteiger partial charge in [-0.3, -0.25) is 4.79 Å². The van der Waals surface area contributed by atoms with Gasteiger partial charge in [0.1, 0.15) is 10.3 Å². The van der Waals surface area contributed by atoms with Gasteiger partial charge in [-0.1, -0.05) is 6.07 Å². The smallest absolute Gasteiger partial charge is 0.321 e. The molecule has 0 aromatic carbocycles. The van der Waals surface area contributed by atoms with Crippen molar-refractivity contribution in [1.29, 1.82) is 0 Å². The molecule has 1 rings (SSSR count). The average molecular weight is 235 g/mol. The van der Waals surface area contributed by atoms with Crippen molar-refractivity contribution in [2.45, 2.75) is 17.2 Å². The van der Waals surface area contributed by atoms with Crippen LogP contribution in [0.15, 0.2) is 21.7 Å². The Kier molecular flexibility index (Phi) is 3.25. The third kappa shape index (κ3) is 2.53. The molecule has 0 saturated heterocycles. The van der Waals surface area contributed by atoms with Crippen LogP contribution < -0.4 is 4.72 Å². The van der Waals surface area contributed by atoms with Crippen molar-refractivity contribution >= 4 is 27.3 Å². The van der Waals surface area contributed by atoms with E-state index in [1.165, 1.54) is 13.0 Å². The highest BCUT2D eigenvalue weighted by atomic mass is 32.2. The van der Waals surface area contributed by atoms with Gasteiger partial charge in [0.15, 0.2) is 0 Å². The van der Waals surface area contributed by atoms with Gasteiger partial charge < -0.3 is 5.11 Å². The van der Waals surface area contributed by atoms with E-state index in [4.69, 9.17) is 5.11 Å². The number of carboxylic acids is 1. The first-order chi connectivity index (χ1) is 6.43. The average Bonchev–Trinajstić information content (AvgIpc) is 2.54. The zero-order valence-electron chi connectivity index (χ0n) is 7.30. The predicted molar refractivity (Wildman–Crippen MR) is 51.7 cm³/mol. The molecule has 1 heterocycles. The van der Waals surface area contributed by atoms with Crippen LogP contribution in [0.4, 0.5) is 0 Å². The Labute approximate surface area is 85.4 Å². The SMILES string of the molecule is CC(NS(=O)(=O)c1cccs1)C(=O)O. The second kappa shape index (κ2) is 4.07. The molecule has 0 spiro atoms. The standard InChI is InChI=1S/C7H9NO4S2/c1-5(7(9)10)8-14(11,12)6-3-2-4-13-6/h2-5,8H,1H3,(H,9,10). The molecule has 14 heavy (non-hydrogen) atoms. The number of carbonyl (C=O) groups is 1. The summed E-state index contributed by atoms with van der Waals surface area (Å²) in [5.41, 5.74) is 0. The van der Waals surface area contributed by atoms with Crippen LogP contribution in [0, 0.1) is 0 Å². The minimum Gasteiger partial charge on any atom is -0.480 e. The van der Waals surface area contributed by atoms with Gasteiger partial charge in [0.25, 0.3) is 10.0 Å². The number of nitrogens with one attached hydrogen (secondary N) is 1. The first-order valence-corrected chi connectivity index (χ1v) is 6.08. The van der Waals surface area contributed by atoms with Crippen molar-refractivity contribution in [3.05, 3.63) is 17.5 Å². The number of aliphatic carboxylic acids is 1. The molecule has 0 saturated carbocycles. The summed E-state index contributed by atoms with van der Waals surface area (Å²) in [7, 11) is -3.67. The molecule has 0 amide bonds. The van der Waals surface area contributed by atoms with E-state index in [0.717, 1.165) is 11.3 Å². The van der Waals surface area contributed by atoms with E-state index in [1.54, 1.807) is 11.4 Å². The molecule has 0 aliphatic carbocycles. The molecule has 0 fully saturated rings. The van der Waals surface area contributed by atoms with Crippen molar-refractivity contribution in [3.8, 4) is 0 Å². The molecule has 0 aliphatic heterocycles. The van der Waals surface area contributed by atoms with E-state index in [1.807, 2.05) is 4.72 Å². The molecule has 0 radical (unpaired) electrons. The Morgan fingerprint density at radius 3 is 2.71 bits per heavy atom. The van der Waals surface area contributed by atoms with Crippen LogP contribution in [0.5, 0.6) is 0 Å². The lowest BCUT2D eigenvalue weighted by Gasteiger charge is -2.07. The molecule has 1 atom stereocenters. The van der Waals surface area contributed by atoms with Gasteiger partial charge in [-0.2, -0.15) is 4.72 Å². The van der Waals surface area contributed by atoms with Crippen molar-refractivity contribution < 1.29 is 18.3 Å². The van der Waals surface area contributed by atoms with E-state index < -0.39 is 22.0 Å². The number of hydrogen-bond donors (Lipinski definition) is 2. The lowest BCUT2D eigenvalue weighted by atomic mass is 10.4. The number of thiophene rings is 1. The Bertz CT molecular complexity index is 409. The second-order valence-electron chi connectivity index (χ2n) is 2.61. The topological polar surface area (TPSA) is 83.5 Å². The van der Waals surface area contributed by atoms with Gasteiger partial charge in [-0.25, -0.2) is 8.42 Å². The maximum atomic E-state index is 11.4. The first kappa shape index (κ1) is 11.2. The molecule has 1 unspecified atom stereocenters. The van der Waals surface area contributed by atoms with E-state index >= 15 is 0 Å². The number of hydrogen-bond acceptors (Lipinski definition) is 4. The molecule has 1 aromatic heterocycles. The number of rotatable bonds is 4. The minimum absolute atomic E-state index is 0.116. The van der Waals surface area contributed by atoms with E-state index in [9.17, 15) is 13.2 Å². The van der Waals surface area contributed by atoms with Crippen LogP contribution in [-0.2, 0) is 14.8 Å². The number of carboxylic acid groups (broad SMARTS) is 1. The summed E-state index contributed by atoms with van der Waals surface area (Å²) in [4.78, 5) is 10.4. The van der Waals surface area contributed by atoms with E-state index in [2.05, 4.69) is 0 Å². The Morgan fingerprint density at radius 2 is 2.29 bits per heavy atom. The fraction of sp³-hybridized carbons (Fsp3) is 0.286. The molecule has 1 aromatic rings. The normalized spacial score (nSPS) is 13.8. The largest absolute Gasteiger partial charge is 0.480 e. The van der Waals surface area contributed by atoms with Gasteiger partial charge in [0.05, 0.1) is 0 Å². The van der Waals surface area contributed by atoms with Gasteiger partial charge >= 0.3 is 5.97 Å². The van der Waals surface area contributed by atoms with Gasteiger partial charge in [0.2, 0.25) is 0 Å². The van der Waals surface area contributed by atoms with Crippen molar-refractivity contribution in [1.82, 2.24) is 4.72 Å². The quantitative estimate of drug-likeness (QED) is 0.796. The zero-order valence-corrected chi connectivity index (χ0v) is 8.93. The highest BCUT2D eigenvalue weighted by Crippen LogP contribution is 2.15. The predicted octanol–water partition coefficient (Wildman–Crippen LogP) is 0.500. The fourth-order valence-corrected chi connectivity index (χ4v) is 2.96. The maximum absolute atomic E-state index is 11.4. The summed E-state index contributed by atoms with van der Waals surface area (Å²) in [5.74, 6) is -1.20. The van der Waals surface area contributed by atoms with Gasteiger partial charge in [-0.15, -0.1) is 11.3 Å². The first-order valence-electron chi connectivity index (χ1n) is 3.72. The molecule has 78 valence electrons. The van der Waals surface area contributed by atoms with Gasteiger partial charge in [0, 0.05) is 0 Å². The molecule has 0 aliphatic rings. The zero-order chi connectivity index (χ0) is 10.8. The Balaban J connectivity index is 2.84. The van der Waals surface area contributed by atoms with Crippen molar-refractivity contribution in [2.24, 2.45) is 0 Å². The molecule has 0 bridgehead atoms. The highest BCUT2D eigenvalue weighted by molar-refractivity contribution is 7.91. The molecule has 7 heteroatoms. The molecule has 5 nitrogen and oxygen atoms in total. The summed E-state index contributed by atoms with van der Waals surface area (Å²) < 4.78 is 25.0. The summed E-state index contributed by atoms with van der Waals surface area (Å²) in [5, 5.41) is 10.1. The van der Waals surface area contributed by atoms with E-state index in [0.29, 0.717) is 0 Å². The van der Waals surface area contributed by atoms with Crippen LogP contribution in [0.25, 0.3) is 0 Å². The summed E-state index contributed by atoms with van der Waals surface area (Å²) in [6.07, 6.45) is 0. The minimum atomic E-state index is -3.67. The van der Waals surface area contributed by atoms with Crippen LogP contribution in [0.1, 0.15) is 6.92 Å². The van der Waals surface area contributed by atoms with Crippen LogP contribution in [0.2, 0.25) is 0 Å². The molecule has 2 N–H and O–H groups in total. The van der Waals surface area contributed by atoms with Crippen LogP contribution >= 0.6 is 11.3 Å². The van der Waals surface area contributed by atoms with Crippen LogP contribution in [0.3, 0.4) is 0 Å². The summed E-state index contributed by atoms with van der Waals surface area (Å²) >= 11 is 1.04. The monoisotopic (exact) mass is 235 g/mol. The fourth-order valence-electron chi connectivity index (χ4n) is 0.758. The van der Waals surface area contributed by atoms with Gasteiger partial charge in [-0.05, 0) is 18.4 Å². The van der Waals surface area contributed by atoms with E-state index in [-0.39, 0.29) is 4.21 Å². The summed E-state index contributed by atoms with van der Waals surface area (Å²) in [6, 6.07) is 1.88. The molecular formula is C7H9NO4S2. The number of sulfonamides is 1. The molecular weight excluding hydrogens is 226 g/mol.